The molecule has 0 saturated heterocycles. The highest BCUT2D eigenvalue weighted by Crippen LogP contribution is 2.32. The van der Waals surface area contributed by atoms with Crippen LogP contribution in [0.3, 0.4) is 0 Å². The van der Waals surface area contributed by atoms with Crippen LogP contribution in [0.25, 0.3) is 0 Å². The van der Waals surface area contributed by atoms with Crippen LogP contribution in [0.15, 0.2) is 29.3 Å². The predicted molar refractivity (Wildman–Crippen MR) is 110 cm³/mol. The molecule has 0 saturated carbocycles. The minimum atomic E-state index is -0.129. The lowest BCUT2D eigenvalue weighted by Crippen LogP contribution is -2.40. The minimum absolute atomic E-state index is 0.0569. The van der Waals surface area contributed by atoms with Gasteiger partial charge in [-0.05, 0) is 48.6 Å². The van der Waals surface area contributed by atoms with Gasteiger partial charge in [0.05, 0.1) is 16.4 Å². The maximum atomic E-state index is 4.97. The highest BCUT2D eigenvalue weighted by Gasteiger charge is 2.30. The van der Waals surface area contributed by atoms with Gasteiger partial charge in [-0.3, -0.25) is 4.98 Å². The van der Waals surface area contributed by atoms with E-state index < -0.39 is 0 Å². The topological polar surface area (TPSA) is 49.8 Å². The fraction of sp³-hybridized carbons (Fsp3) is 0.524. The smallest absolute Gasteiger partial charge is 0.0763 e. The second-order valence-corrected chi connectivity index (χ2v) is 10.7. The number of pyridine rings is 2. The van der Waals surface area contributed by atoms with Crippen LogP contribution in [0.4, 0.5) is 0 Å². The summed E-state index contributed by atoms with van der Waals surface area (Å²) in [6, 6.07) is 9.49. The van der Waals surface area contributed by atoms with Gasteiger partial charge in [-0.15, -0.1) is 0 Å². The van der Waals surface area contributed by atoms with Crippen LogP contribution in [-0.2, 0) is 31.5 Å². The van der Waals surface area contributed by atoms with Gasteiger partial charge in [0.2, 0.25) is 0 Å². The minimum Gasteiger partial charge on any atom is -0.308 e. The molecule has 0 amide bonds. The molecule has 4 nitrogen and oxygen atoms in total. The summed E-state index contributed by atoms with van der Waals surface area (Å²) in [4.78, 5) is 9.85. The number of rotatable bonds is 4. The average Bonchev–Trinajstić information content (AvgIpc) is 3.08. The fourth-order valence-corrected chi connectivity index (χ4v) is 4.78. The number of fused-ring (bicyclic) bond motifs is 2. The Labute approximate surface area is 159 Å². The van der Waals surface area contributed by atoms with E-state index in [2.05, 4.69) is 61.3 Å². The van der Waals surface area contributed by atoms with Crippen molar-refractivity contribution in [1.82, 2.24) is 20.6 Å². The van der Waals surface area contributed by atoms with Crippen molar-refractivity contribution in [2.24, 2.45) is 0 Å². The van der Waals surface area contributed by atoms with E-state index in [-0.39, 0.29) is 16.3 Å². The van der Waals surface area contributed by atoms with E-state index in [1.165, 1.54) is 33.2 Å². The van der Waals surface area contributed by atoms with Gasteiger partial charge in [0, 0.05) is 36.8 Å². The zero-order valence-electron chi connectivity index (χ0n) is 16.3. The summed E-state index contributed by atoms with van der Waals surface area (Å²) in [5.74, 6) is 0. The van der Waals surface area contributed by atoms with Crippen LogP contribution in [0, 0.1) is 0 Å². The predicted octanol–water partition coefficient (Wildman–Crippen LogP) is 3.08. The molecule has 2 aliphatic heterocycles. The molecule has 5 heteroatoms. The molecule has 0 aromatic carbocycles. The highest BCUT2D eigenvalue weighted by molar-refractivity contribution is 8.15. The van der Waals surface area contributed by atoms with Gasteiger partial charge in [0.15, 0.2) is 0 Å². The van der Waals surface area contributed by atoms with Crippen LogP contribution in [0.5, 0.6) is 0 Å². The van der Waals surface area contributed by atoms with Crippen molar-refractivity contribution in [3.8, 4) is 0 Å². The maximum absolute atomic E-state index is 4.97. The molecule has 0 bridgehead atoms. The molecule has 0 aliphatic carbocycles. The van der Waals surface area contributed by atoms with Crippen LogP contribution in [-0.4, -0.2) is 28.5 Å². The molecule has 4 heterocycles. The average molecular weight is 371 g/mol. The lowest BCUT2D eigenvalue weighted by atomic mass is 9.79. The number of thiol groups is 1. The molecule has 0 radical (unpaired) electrons. The first-order valence-electron chi connectivity index (χ1n) is 9.52. The van der Waals surface area contributed by atoms with Gasteiger partial charge in [0.1, 0.15) is 0 Å². The Balaban J connectivity index is 1.49. The van der Waals surface area contributed by atoms with E-state index >= 15 is 0 Å². The van der Waals surface area contributed by atoms with E-state index in [0.29, 0.717) is 6.04 Å². The third-order valence-corrected chi connectivity index (χ3v) is 6.83. The molecule has 0 fully saturated rings. The Morgan fingerprint density at radius 1 is 1.00 bits per heavy atom. The van der Waals surface area contributed by atoms with E-state index in [9.17, 15) is 0 Å². The Morgan fingerprint density at radius 2 is 1.77 bits per heavy atom. The number of nitrogens with zero attached hydrogens (tertiary/aromatic N) is 2. The van der Waals surface area contributed by atoms with Crippen molar-refractivity contribution in [2.45, 2.75) is 62.8 Å². The maximum Gasteiger partial charge on any atom is 0.0763 e. The summed E-state index contributed by atoms with van der Waals surface area (Å²) in [5.41, 5.74) is 6.50. The largest absolute Gasteiger partial charge is 0.308 e. The standard InChI is InChI=1S/C21H30N4S/c1-21(2,19-7-5-15-11-22-12-17(15)24-19)10-16-9-14-6-8-20(26(3)4)25-18(14)13-23-16/h5-8,16,22-23,26H,9-13H2,1-4H3. The number of hydrogen-bond acceptors (Lipinski definition) is 4. The van der Waals surface area contributed by atoms with E-state index in [1.807, 2.05) is 0 Å². The Bertz CT molecular complexity index is 816. The molecule has 140 valence electrons. The van der Waals surface area contributed by atoms with Crippen LogP contribution < -0.4 is 10.6 Å². The molecule has 2 N–H and O–H groups in total. The second-order valence-electron chi connectivity index (χ2n) is 8.45. The number of nitrogens with one attached hydrogen (secondary N) is 2. The summed E-state index contributed by atoms with van der Waals surface area (Å²) in [7, 11) is -0.129. The van der Waals surface area contributed by atoms with Crippen LogP contribution in [0.1, 0.15) is 48.5 Å². The van der Waals surface area contributed by atoms with Crippen molar-refractivity contribution in [2.75, 3.05) is 12.5 Å². The molecular weight excluding hydrogens is 340 g/mol. The van der Waals surface area contributed by atoms with Crippen molar-refractivity contribution in [3.05, 3.63) is 52.5 Å². The molecule has 2 aliphatic rings. The first kappa shape index (κ1) is 18.0. The summed E-state index contributed by atoms with van der Waals surface area (Å²) in [6.45, 7) is 7.39. The summed E-state index contributed by atoms with van der Waals surface area (Å²) >= 11 is 0. The molecule has 4 rings (SSSR count). The normalized spacial score (nSPS) is 19.8. The number of hydrogen-bond donors (Lipinski definition) is 3. The monoisotopic (exact) mass is 370 g/mol. The third-order valence-electron chi connectivity index (χ3n) is 5.66. The van der Waals surface area contributed by atoms with Gasteiger partial charge in [0.25, 0.3) is 0 Å². The summed E-state index contributed by atoms with van der Waals surface area (Å²) in [5, 5.41) is 8.37. The van der Waals surface area contributed by atoms with E-state index in [1.54, 1.807) is 0 Å². The zero-order chi connectivity index (χ0) is 18.3. The molecule has 1 unspecified atom stereocenters. The molecule has 2 aromatic heterocycles. The SMILES string of the molecule is C[SH](C)c1ccc2c(n1)CNC(CC(C)(C)c1ccc3c(n1)CNC3)C2. The summed E-state index contributed by atoms with van der Waals surface area (Å²) in [6.07, 6.45) is 6.68. The summed E-state index contributed by atoms with van der Waals surface area (Å²) < 4.78 is 0. The van der Waals surface area contributed by atoms with Crippen LogP contribution in [0.2, 0.25) is 0 Å². The van der Waals surface area contributed by atoms with Gasteiger partial charge in [-0.25, -0.2) is 15.9 Å². The molecular formula is C21H30N4S. The van der Waals surface area contributed by atoms with Crippen molar-refractivity contribution < 1.29 is 0 Å². The quantitative estimate of drug-likeness (QED) is 0.724. The van der Waals surface area contributed by atoms with Gasteiger partial charge in [-0.2, -0.15) is 0 Å². The third kappa shape index (κ3) is 3.53. The lowest BCUT2D eigenvalue weighted by molar-refractivity contribution is 0.348. The zero-order valence-corrected chi connectivity index (χ0v) is 17.2. The lowest BCUT2D eigenvalue weighted by Gasteiger charge is -2.33. The first-order valence-corrected chi connectivity index (χ1v) is 11.8. The van der Waals surface area contributed by atoms with E-state index in [4.69, 9.17) is 9.97 Å². The fourth-order valence-electron chi connectivity index (χ4n) is 4.09. The van der Waals surface area contributed by atoms with Crippen molar-refractivity contribution in [1.29, 1.82) is 0 Å². The molecule has 2 aromatic rings. The first-order chi connectivity index (χ1) is 12.4. The Morgan fingerprint density at radius 3 is 2.58 bits per heavy atom. The van der Waals surface area contributed by atoms with Gasteiger partial charge >= 0.3 is 0 Å². The van der Waals surface area contributed by atoms with Crippen molar-refractivity contribution in [3.63, 3.8) is 0 Å². The van der Waals surface area contributed by atoms with E-state index in [0.717, 1.165) is 32.5 Å². The molecule has 0 spiro atoms. The van der Waals surface area contributed by atoms with Crippen molar-refractivity contribution >= 4 is 10.9 Å². The van der Waals surface area contributed by atoms with Crippen LogP contribution >= 0.6 is 10.9 Å². The van der Waals surface area contributed by atoms with Gasteiger partial charge < -0.3 is 10.6 Å². The Kier molecular flexibility index (Phi) is 4.80. The highest BCUT2D eigenvalue weighted by atomic mass is 32.2. The molecule has 1 atom stereocenters. The molecule has 26 heavy (non-hydrogen) atoms. The number of aromatic nitrogens is 2. The Hall–Kier alpha value is -1.43. The van der Waals surface area contributed by atoms with Gasteiger partial charge in [-0.1, -0.05) is 26.0 Å². The second kappa shape index (κ2) is 6.95.